The number of fused-ring (bicyclic) bond motifs is 1. The molecule has 1 aromatic heterocycles. The summed E-state index contributed by atoms with van der Waals surface area (Å²) >= 11 is 0. The number of benzene rings is 1. The molecular formula is C17H21NO4. The molecule has 2 N–H and O–H groups in total. The zero-order chi connectivity index (χ0) is 16.3. The van der Waals surface area contributed by atoms with Crippen LogP contribution in [-0.2, 0) is 0 Å². The van der Waals surface area contributed by atoms with Gasteiger partial charge >= 0.3 is 0 Å². The Hall–Kier alpha value is -1.98. The minimum Gasteiger partial charge on any atom is -0.396 e. The maximum absolute atomic E-state index is 12.7. The van der Waals surface area contributed by atoms with E-state index in [0.717, 1.165) is 0 Å². The lowest BCUT2D eigenvalue weighted by Crippen LogP contribution is -2.30. The zero-order valence-corrected chi connectivity index (χ0v) is 12.8. The number of nitrogens with zero attached hydrogens (tertiary/aromatic N) is 1. The zero-order valence-electron chi connectivity index (χ0n) is 12.8. The van der Waals surface area contributed by atoms with Crippen LogP contribution < -0.4 is 5.56 Å². The summed E-state index contributed by atoms with van der Waals surface area (Å²) < 4.78 is 1.52. The van der Waals surface area contributed by atoms with Crippen molar-refractivity contribution in [3.8, 4) is 0 Å². The number of carbonyl (C=O) groups excluding carboxylic acids is 1. The van der Waals surface area contributed by atoms with Gasteiger partial charge in [0.15, 0.2) is 5.78 Å². The van der Waals surface area contributed by atoms with Gasteiger partial charge < -0.3 is 14.8 Å². The molecule has 0 spiro atoms. The highest BCUT2D eigenvalue weighted by atomic mass is 16.3. The molecule has 1 unspecified atom stereocenters. The number of Topliss-reactive ketones (excluding diaryl/α,β-unsaturated/α-hetero) is 1. The van der Waals surface area contributed by atoms with E-state index in [1.807, 2.05) is 13.8 Å². The number of pyridine rings is 1. The van der Waals surface area contributed by atoms with Crippen LogP contribution in [0, 0.1) is 5.92 Å². The van der Waals surface area contributed by atoms with Gasteiger partial charge in [0.05, 0.1) is 19.3 Å². The molecule has 0 aliphatic rings. The molecule has 0 saturated carbocycles. The molecule has 0 saturated heterocycles. The van der Waals surface area contributed by atoms with Crippen LogP contribution in [0.4, 0.5) is 0 Å². The Morgan fingerprint density at radius 1 is 1.18 bits per heavy atom. The lowest BCUT2D eigenvalue weighted by atomic mass is 10.00. The molecule has 0 amide bonds. The fraction of sp³-hybridized carbons (Fsp3) is 0.412. The van der Waals surface area contributed by atoms with E-state index in [1.165, 1.54) is 4.57 Å². The van der Waals surface area contributed by atoms with Crippen LogP contribution >= 0.6 is 0 Å². The van der Waals surface area contributed by atoms with Gasteiger partial charge in [-0.3, -0.25) is 9.59 Å². The minimum atomic E-state index is -0.298. The van der Waals surface area contributed by atoms with Crippen molar-refractivity contribution < 1.29 is 15.0 Å². The van der Waals surface area contributed by atoms with Gasteiger partial charge in [0.1, 0.15) is 0 Å². The van der Waals surface area contributed by atoms with Gasteiger partial charge in [-0.1, -0.05) is 26.0 Å². The maximum atomic E-state index is 12.7. The van der Waals surface area contributed by atoms with Crippen LogP contribution in [-0.4, -0.2) is 33.8 Å². The summed E-state index contributed by atoms with van der Waals surface area (Å²) in [7, 11) is 0. The molecular weight excluding hydrogens is 282 g/mol. The molecule has 118 valence electrons. The van der Waals surface area contributed by atoms with Gasteiger partial charge in [0, 0.05) is 23.6 Å². The average molecular weight is 303 g/mol. The van der Waals surface area contributed by atoms with Gasteiger partial charge in [-0.15, -0.1) is 0 Å². The molecule has 1 aromatic carbocycles. The highest BCUT2D eigenvalue weighted by Crippen LogP contribution is 2.20. The van der Waals surface area contributed by atoms with Crippen molar-refractivity contribution in [2.45, 2.75) is 26.3 Å². The third kappa shape index (κ3) is 2.96. The highest BCUT2D eigenvalue weighted by Gasteiger charge is 2.18. The van der Waals surface area contributed by atoms with E-state index < -0.39 is 0 Å². The van der Waals surface area contributed by atoms with Crippen LogP contribution in [0.15, 0.2) is 35.3 Å². The van der Waals surface area contributed by atoms with Crippen molar-refractivity contribution in [2.75, 3.05) is 13.2 Å². The number of aliphatic hydroxyl groups is 2. The second-order valence-electron chi connectivity index (χ2n) is 5.69. The van der Waals surface area contributed by atoms with Crippen LogP contribution in [0.5, 0.6) is 0 Å². The Balaban J connectivity index is 2.63. The molecule has 0 fully saturated rings. The van der Waals surface area contributed by atoms with E-state index in [4.69, 9.17) is 5.11 Å². The van der Waals surface area contributed by atoms with Gasteiger partial charge in [-0.05, 0) is 23.4 Å². The Bertz CT molecular complexity index is 733. The summed E-state index contributed by atoms with van der Waals surface area (Å²) in [5, 5.41) is 19.5. The summed E-state index contributed by atoms with van der Waals surface area (Å²) in [5.74, 6) is -0.0767. The summed E-state index contributed by atoms with van der Waals surface area (Å²) in [6.45, 7) is 3.55. The van der Waals surface area contributed by atoms with Gasteiger partial charge in [-0.25, -0.2) is 0 Å². The Labute approximate surface area is 128 Å². The quantitative estimate of drug-likeness (QED) is 0.797. The van der Waals surface area contributed by atoms with Gasteiger partial charge in [0.2, 0.25) is 0 Å². The Morgan fingerprint density at radius 3 is 2.50 bits per heavy atom. The number of ketones is 1. The monoisotopic (exact) mass is 303 g/mol. The maximum Gasteiger partial charge on any atom is 0.258 e. The predicted octanol–water partition coefficient (Wildman–Crippen LogP) is 1.76. The minimum absolute atomic E-state index is 0.0352. The van der Waals surface area contributed by atoms with Crippen molar-refractivity contribution >= 4 is 16.6 Å². The number of carbonyl (C=O) groups is 1. The SMILES string of the molecule is CC(C)C(CO)n1ccc2c(C(=O)CCO)cccc2c1=O. The van der Waals surface area contributed by atoms with Crippen molar-refractivity contribution in [2.24, 2.45) is 5.92 Å². The van der Waals surface area contributed by atoms with Crippen molar-refractivity contribution in [3.05, 3.63) is 46.4 Å². The molecule has 5 heteroatoms. The smallest absolute Gasteiger partial charge is 0.258 e. The molecule has 0 bridgehead atoms. The highest BCUT2D eigenvalue weighted by molar-refractivity contribution is 6.07. The number of hydrogen-bond acceptors (Lipinski definition) is 4. The summed E-state index contributed by atoms with van der Waals surface area (Å²) in [6.07, 6.45) is 1.66. The first kappa shape index (κ1) is 16.4. The molecule has 5 nitrogen and oxygen atoms in total. The lowest BCUT2D eigenvalue weighted by molar-refractivity contribution is 0.0958. The standard InChI is InChI=1S/C17H21NO4/c1-11(2)15(10-20)18-8-6-12-13(16(21)7-9-19)4-3-5-14(12)17(18)22/h3-6,8,11,15,19-20H,7,9-10H2,1-2H3. The number of aliphatic hydroxyl groups excluding tert-OH is 2. The van der Waals surface area contributed by atoms with Crippen LogP contribution in [0.3, 0.4) is 0 Å². The van der Waals surface area contributed by atoms with Crippen LogP contribution in [0.2, 0.25) is 0 Å². The van der Waals surface area contributed by atoms with E-state index in [1.54, 1.807) is 30.5 Å². The van der Waals surface area contributed by atoms with Crippen molar-refractivity contribution in [1.29, 1.82) is 0 Å². The molecule has 2 aromatic rings. The molecule has 22 heavy (non-hydrogen) atoms. The van der Waals surface area contributed by atoms with Gasteiger partial charge in [0.25, 0.3) is 5.56 Å². The molecule has 0 aliphatic heterocycles. The molecule has 0 aliphatic carbocycles. The first-order valence-corrected chi connectivity index (χ1v) is 7.40. The van der Waals surface area contributed by atoms with E-state index >= 15 is 0 Å². The predicted molar refractivity (Wildman–Crippen MR) is 85.2 cm³/mol. The van der Waals surface area contributed by atoms with E-state index in [-0.39, 0.29) is 42.9 Å². The number of hydrogen-bond donors (Lipinski definition) is 2. The van der Waals surface area contributed by atoms with Crippen LogP contribution in [0.25, 0.3) is 10.8 Å². The Kier molecular flexibility index (Phi) is 5.11. The van der Waals surface area contributed by atoms with Gasteiger partial charge in [-0.2, -0.15) is 0 Å². The summed E-state index contributed by atoms with van der Waals surface area (Å²) in [5.41, 5.74) is 0.227. The first-order valence-electron chi connectivity index (χ1n) is 7.40. The fourth-order valence-electron chi connectivity index (χ4n) is 2.65. The number of aromatic nitrogens is 1. The lowest BCUT2D eigenvalue weighted by Gasteiger charge is -2.21. The second-order valence-corrected chi connectivity index (χ2v) is 5.69. The molecule has 2 rings (SSSR count). The third-order valence-corrected chi connectivity index (χ3v) is 3.93. The van der Waals surface area contributed by atoms with E-state index in [2.05, 4.69) is 0 Å². The van der Waals surface area contributed by atoms with E-state index in [0.29, 0.717) is 16.3 Å². The average Bonchev–Trinajstić information content (AvgIpc) is 2.49. The summed E-state index contributed by atoms with van der Waals surface area (Å²) in [4.78, 5) is 24.7. The summed E-state index contributed by atoms with van der Waals surface area (Å²) in [6, 6.07) is 6.44. The van der Waals surface area contributed by atoms with Crippen molar-refractivity contribution in [3.63, 3.8) is 0 Å². The largest absolute Gasteiger partial charge is 0.396 e. The Morgan fingerprint density at radius 2 is 1.91 bits per heavy atom. The molecule has 1 heterocycles. The third-order valence-electron chi connectivity index (χ3n) is 3.93. The second kappa shape index (κ2) is 6.85. The fourth-order valence-corrected chi connectivity index (χ4v) is 2.65. The number of rotatable bonds is 6. The van der Waals surface area contributed by atoms with Crippen molar-refractivity contribution in [1.82, 2.24) is 4.57 Å². The molecule has 0 radical (unpaired) electrons. The van der Waals surface area contributed by atoms with E-state index in [9.17, 15) is 14.7 Å². The first-order chi connectivity index (χ1) is 10.5. The molecule has 1 atom stereocenters. The topological polar surface area (TPSA) is 79.5 Å². The van der Waals surface area contributed by atoms with Crippen LogP contribution in [0.1, 0.15) is 36.7 Å². The normalized spacial score (nSPS) is 12.8.